The molecule has 1 rings (SSSR count). The van der Waals surface area contributed by atoms with Gasteiger partial charge in [-0.1, -0.05) is 58.0 Å². The van der Waals surface area contributed by atoms with Crippen LogP contribution in [0, 0.1) is 5.41 Å². The Kier molecular flexibility index (Phi) is 8.29. The van der Waals surface area contributed by atoms with Crippen LogP contribution in [0.4, 0.5) is 0 Å². The van der Waals surface area contributed by atoms with Crippen molar-refractivity contribution in [3.8, 4) is 0 Å². The fourth-order valence-corrected chi connectivity index (χ4v) is 1.65. The molecule has 0 amide bonds. The van der Waals surface area contributed by atoms with Crippen LogP contribution in [-0.2, 0) is 20.9 Å². The van der Waals surface area contributed by atoms with E-state index in [9.17, 15) is 9.59 Å². The third kappa shape index (κ3) is 8.29. The minimum atomic E-state index is -0.907. The Morgan fingerprint density at radius 1 is 1.10 bits per heavy atom. The number of hydrogen-bond acceptors (Lipinski definition) is 3. The molecule has 0 aliphatic rings. The fraction of sp³-hybridized carbons (Fsp3) is 0.500. The number of rotatable bonds is 6. The van der Waals surface area contributed by atoms with Crippen molar-refractivity contribution in [3.05, 3.63) is 35.9 Å². The second-order valence-corrected chi connectivity index (χ2v) is 5.06. The number of esters is 1. The molecule has 1 aromatic rings. The number of aliphatic carboxylic acids is 1. The molecule has 0 aliphatic heterocycles. The van der Waals surface area contributed by atoms with E-state index in [0.29, 0.717) is 0 Å². The van der Waals surface area contributed by atoms with Crippen LogP contribution in [0.15, 0.2) is 30.3 Å². The predicted molar refractivity (Wildman–Crippen MR) is 78.2 cm³/mol. The lowest BCUT2D eigenvalue weighted by Crippen LogP contribution is -2.22. The molecule has 0 fully saturated rings. The molecule has 112 valence electrons. The van der Waals surface area contributed by atoms with E-state index in [4.69, 9.17) is 9.84 Å². The van der Waals surface area contributed by atoms with Gasteiger partial charge in [-0.25, -0.2) is 0 Å². The SMILES string of the molecule is CC.CC(C)(CC(=O)O)CC(=O)OCc1ccccc1. The first-order valence-corrected chi connectivity index (χ1v) is 6.80. The van der Waals surface area contributed by atoms with Crippen LogP contribution >= 0.6 is 0 Å². The molecule has 0 aromatic heterocycles. The second-order valence-electron chi connectivity index (χ2n) is 5.06. The van der Waals surface area contributed by atoms with E-state index in [0.717, 1.165) is 5.56 Å². The zero-order valence-electron chi connectivity index (χ0n) is 12.7. The number of ether oxygens (including phenoxy) is 1. The molecule has 0 bridgehead atoms. The highest BCUT2D eigenvalue weighted by molar-refractivity contribution is 5.73. The number of carboxylic acids is 1. The molecule has 4 heteroatoms. The Labute approximate surface area is 120 Å². The predicted octanol–water partition coefficient (Wildman–Crippen LogP) is 3.65. The average molecular weight is 280 g/mol. The van der Waals surface area contributed by atoms with E-state index in [-0.39, 0.29) is 25.4 Å². The number of benzene rings is 1. The average Bonchev–Trinajstić information content (AvgIpc) is 2.38. The molecule has 1 aromatic carbocycles. The summed E-state index contributed by atoms with van der Waals surface area (Å²) in [6.07, 6.45) is 0.0551. The van der Waals surface area contributed by atoms with Gasteiger partial charge in [-0.2, -0.15) is 0 Å². The van der Waals surface area contributed by atoms with Crippen molar-refractivity contribution in [3.63, 3.8) is 0 Å². The molecule has 0 atom stereocenters. The van der Waals surface area contributed by atoms with Gasteiger partial charge >= 0.3 is 11.9 Å². The standard InChI is InChI=1S/C14H18O4.C2H6/c1-14(2,8-12(15)16)9-13(17)18-10-11-6-4-3-5-7-11;1-2/h3-7H,8-10H2,1-2H3,(H,15,16);1-2H3. The van der Waals surface area contributed by atoms with Gasteiger partial charge in [0.1, 0.15) is 6.61 Å². The van der Waals surface area contributed by atoms with Gasteiger partial charge < -0.3 is 9.84 Å². The van der Waals surface area contributed by atoms with E-state index < -0.39 is 11.4 Å². The summed E-state index contributed by atoms with van der Waals surface area (Å²) in [7, 11) is 0. The molecular weight excluding hydrogens is 256 g/mol. The molecule has 0 heterocycles. The first kappa shape index (κ1) is 18.2. The summed E-state index contributed by atoms with van der Waals surface area (Å²) >= 11 is 0. The molecular formula is C16H24O4. The largest absolute Gasteiger partial charge is 0.481 e. The van der Waals surface area contributed by atoms with Crippen LogP contribution in [0.3, 0.4) is 0 Å². The lowest BCUT2D eigenvalue weighted by atomic mass is 9.86. The van der Waals surface area contributed by atoms with Gasteiger partial charge in [-0.05, 0) is 11.0 Å². The van der Waals surface area contributed by atoms with Crippen molar-refractivity contribution in [2.75, 3.05) is 0 Å². The van der Waals surface area contributed by atoms with Crippen molar-refractivity contribution in [2.24, 2.45) is 5.41 Å². The lowest BCUT2D eigenvalue weighted by molar-refractivity contribution is -0.148. The van der Waals surface area contributed by atoms with Crippen molar-refractivity contribution in [1.82, 2.24) is 0 Å². The Bertz CT molecular complexity index is 410. The Balaban J connectivity index is 0.00000172. The van der Waals surface area contributed by atoms with Crippen molar-refractivity contribution in [1.29, 1.82) is 0 Å². The summed E-state index contributed by atoms with van der Waals surface area (Å²) in [5.41, 5.74) is 0.335. The fourth-order valence-electron chi connectivity index (χ4n) is 1.65. The summed E-state index contributed by atoms with van der Waals surface area (Å²) in [4.78, 5) is 22.2. The lowest BCUT2D eigenvalue weighted by Gasteiger charge is -2.20. The summed E-state index contributed by atoms with van der Waals surface area (Å²) in [6.45, 7) is 7.71. The first-order valence-electron chi connectivity index (χ1n) is 6.80. The van der Waals surface area contributed by atoms with Gasteiger partial charge in [0.15, 0.2) is 0 Å². The third-order valence-electron chi connectivity index (χ3n) is 2.50. The minimum Gasteiger partial charge on any atom is -0.481 e. The molecule has 0 spiro atoms. The third-order valence-corrected chi connectivity index (χ3v) is 2.50. The van der Waals surface area contributed by atoms with Crippen molar-refractivity contribution < 1.29 is 19.4 Å². The van der Waals surface area contributed by atoms with E-state index in [1.165, 1.54) is 0 Å². The molecule has 0 aliphatic carbocycles. The Morgan fingerprint density at radius 2 is 1.65 bits per heavy atom. The molecule has 0 saturated carbocycles. The minimum absolute atomic E-state index is 0.0482. The molecule has 0 unspecified atom stereocenters. The van der Waals surface area contributed by atoms with Gasteiger partial charge in [0, 0.05) is 0 Å². The van der Waals surface area contributed by atoms with Crippen LogP contribution in [0.25, 0.3) is 0 Å². The van der Waals surface area contributed by atoms with Gasteiger partial charge in [0.2, 0.25) is 0 Å². The topological polar surface area (TPSA) is 63.6 Å². The highest BCUT2D eigenvalue weighted by Gasteiger charge is 2.25. The highest BCUT2D eigenvalue weighted by atomic mass is 16.5. The number of carbonyl (C=O) groups is 2. The molecule has 0 radical (unpaired) electrons. The normalized spacial score (nSPS) is 10.2. The maximum atomic E-state index is 11.6. The molecule has 4 nitrogen and oxygen atoms in total. The quantitative estimate of drug-likeness (QED) is 0.808. The molecule has 20 heavy (non-hydrogen) atoms. The van der Waals surface area contributed by atoms with E-state index >= 15 is 0 Å². The summed E-state index contributed by atoms with van der Waals surface area (Å²) in [5.74, 6) is -1.28. The molecule has 0 saturated heterocycles. The van der Waals surface area contributed by atoms with Gasteiger partial charge in [0.25, 0.3) is 0 Å². The van der Waals surface area contributed by atoms with Crippen LogP contribution in [0.1, 0.15) is 46.1 Å². The van der Waals surface area contributed by atoms with Gasteiger partial charge in [-0.15, -0.1) is 0 Å². The van der Waals surface area contributed by atoms with Crippen LogP contribution in [0.2, 0.25) is 0 Å². The zero-order chi connectivity index (χ0) is 15.6. The number of hydrogen-bond donors (Lipinski definition) is 1. The smallest absolute Gasteiger partial charge is 0.306 e. The van der Waals surface area contributed by atoms with Crippen LogP contribution in [0.5, 0.6) is 0 Å². The summed E-state index contributed by atoms with van der Waals surface area (Å²) in [6, 6.07) is 9.38. The van der Waals surface area contributed by atoms with Gasteiger partial charge in [-0.3, -0.25) is 9.59 Å². The van der Waals surface area contributed by atoms with Crippen LogP contribution < -0.4 is 0 Å². The highest BCUT2D eigenvalue weighted by Crippen LogP contribution is 2.25. The maximum absolute atomic E-state index is 11.6. The van der Waals surface area contributed by atoms with Crippen molar-refractivity contribution >= 4 is 11.9 Å². The number of carboxylic acid groups (broad SMARTS) is 1. The monoisotopic (exact) mass is 280 g/mol. The first-order chi connectivity index (χ1) is 9.39. The zero-order valence-corrected chi connectivity index (χ0v) is 12.7. The summed E-state index contributed by atoms with van der Waals surface area (Å²) < 4.78 is 5.11. The van der Waals surface area contributed by atoms with E-state index in [2.05, 4.69) is 0 Å². The second kappa shape index (κ2) is 9.13. The molecule has 1 N–H and O–H groups in total. The maximum Gasteiger partial charge on any atom is 0.306 e. The van der Waals surface area contributed by atoms with Gasteiger partial charge in [0.05, 0.1) is 12.8 Å². The Morgan fingerprint density at radius 3 is 2.15 bits per heavy atom. The number of carbonyl (C=O) groups excluding carboxylic acids is 1. The summed E-state index contributed by atoms with van der Waals surface area (Å²) in [5, 5.41) is 8.72. The van der Waals surface area contributed by atoms with E-state index in [1.807, 2.05) is 44.2 Å². The Hall–Kier alpha value is -1.84. The van der Waals surface area contributed by atoms with Crippen molar-refractivity contribution in [2.45, 2.75) is 47.1 Å². The van der Waals surface area contributed by atoms with Crippen LogP contribution in [-0.4, -0.2) is 17.0 Å². The van der Waals surface area contributed by atoms with E-state index in [1.54, 1.807) is 13.8 Å².